The third-order valence-electron chi connectivity index (χ3n) is 2.14. The minimum atomic E-state index is -3.38. The predicted molar refractivity (Wildman–Crippen MR) is 56.1 cm³/mol. The van der Waals surface area contributed by atoms with Gasteiger partial charge in [-0.25, -0.2) is 13.2 Å². The summed E-state index contributed by atoms with van der Waals surface area (Å²) in [5.41, 5.74) is -3.12. The number of alkyl halides is 2. The van der Waals surface area contributed by atoms with Gasteiger partial charge < -0.3 is 4.74 Å². The van der Waals surface area contributed by atoms with E-state index in [0.717, 1.165) is 0 Å². The molecule has 0 fully saturated rings. The SMILES string of the molecule is CCOC(=O)Cc1ncc(F)c(C(F)F)c1[N+](=O)[O-]. The topological polar surface area (TPSA) is 82.3 Å². The third-order valence-corrected chi connectivity index (χ3v) is 2.14. The molecule has 0 aliphatic rings. The molecule has 0 unspecified atom stereocenters. The van der Waals surface area contributed by atoms with Crippen LogP contribution in [0.1, 0.15) is 24.6 Å². The molecule has 6 nitrogen and oxygen atoms in total. The van der Waals surface area contributed by atoms with E-state index in [1.54, 1.807) is 0 Å². The molecular formula is C10H9F3N2O4. The number of carbonyl (C=O) groups excluding carboxylic acids is 1. The van der Waals surface area contributed by atoms with E-state index < -0.39 is 46.5 Å². The molecule has 0 aromatic carbocycles. The Bertz CT molecular complexity index is 508. The molecule has 0 spiro atoms. The highest BCUT2D eigenvalue weighted by molar-refractivity contribution is 5.73. The fraction of sp³-hybridized carbons (Fsp3) is 0.400. The number of nitro groups is 1. The van der Waals surface area contributed by atoms with Crippen LogP contribution in [-0.2, 0) is 16.0 Å². The summed E-state index contributed by atoms with van der Waals surface area (Å²) in [7, 11) is 0. The number of pyridine rings is 1. The van der Waals surface area contributed by atoms with Crippen LogP contribution in [0.15, 0.2) is 6.20 Å². The number of nitrogens with zero attached hydrogens (tertiary/aromatic N) is 2. The first-order chi connectivity index (χ1) is 8.88. The zero-order valence-electron chi connectivity index (χ0n) is 9.73. The Morgan fingerprint density at radius 2 is 2.21 bits per heavy atom. The third kappa shape index (κ3) is 3.39. The van der Waals surface area contributed by atoms with Crippen molar-refractivity contribution in [2.24, 2.45) is 0 Å². The second kappa shape index (κ2) is 6.12. The van der Waals surface area contributed by atoms with E-state index >= 15 is 0 Å². The Labute approximate surface area is 105 Å². The van der Waals surface area contributed by atoms with Crippen LogP contribution >= 0.6 is 0 Å². The highest BCUT2D eigenvalue weighted by Crippen LogP contribution is 2.33. The Morgan fingerprint density at radius 1 is 1.58 bits per heavy atom. The van der Waals surface area contributed by atoms with Crippen LogP contribution in [0, 0.1) is 15.9 Å². The summed E-state index contributed by atoms with van der Waals surface area (Å²) in [6.07, 6.45) is -3.64. The highest BCUT2D eigenvalue weighted by atomic mass is 19.3. The first kappa shape index (κ1) is 14.9. The lowest BCUT2D eigenvalue weighted by atomic mass is 10.1. The summed E-state index contributed by atoms with van der Waals surface area (Å²) in [5.74, 6) is -2.36. The van der Waals surface area contributed by atoms with Crippen molar-refractivity contribution in [2.75, 3.05) is 6.61 Å². The van der Waals surface area contributed by atoms with Crippen molar-refractivity contribution < 1.29 is 27.6 Å². The van der Waals surface area contributed by atoms with E-state index in [0.29, 0.717) is 6.20 Å². The maximum atomic E-state index is 13.2. The quantitative estimate of drug-likeness (QED) is 0.468. The lowest BCUT2D eigenvalue weighted by Crippen LogP contribution is -2.13. The molecule has 0 aliphatic heterocycles. The summed E-state index contributed by atoms with van der Waals surface area (Å²) in [4.78, 5) is 24.1. The van der Waals surface area contributed by atoms with Crippen LogP contribution in [0.5, 0.6) is 0 Å². The minimum absolute atomic E-state index is 0.0233. The predicted octanol–water partition coefficient (Wildman–Crippen LogP) is 2.17. The number of rotatable bonds is 5. The number of hydrogen-bond donors (Lipinski definition) is 0. The van der Waals surface area contributed by atoms with Gasteiger partial charge in [0, 0.05) is 0 Å². The first-order valence-corrected chi connectivity index (χ1v) is 5.13. The lowest BCUT2D eigenvalue weighted by Gasteiger charge is -2.07. The van der Waals surface area contributed by atoms with Crippen molar-refractivity contribution >= 4 is 11.7 Å². The van der Waals surface area contributed by atoms with Gasteiger partial charge in [0.25, 0.3) is 6.43 Å². The van der Waals surface area contributed by atoms with Gasteiger partial charge in [-0.1, -0.05) is 0 Å². The summed E-state index contributed by atoms with van der Waals surface area (Å²) in [5, 5.41) is 10.8. The fourth-order valence-corrected chi connectivity index (χ4v) is 1.42. The lowest BCUT2D eigenvalue weighted by molar-refractivity contribution is -0.387. The number of aromatic nitrogens is 1. The van der Waals surface area contributed by atoms with Gasteiger partial charge in [-0.15, -0.1) is 0 Å². The number of esters is 1. The molecule has 0 radical (unpaired) electrons. The molecule has 0 atom stereocenters. The minimum Gasteiger partial charge on any atom is -0.466 e. The maximum Gasteiger partial charge on any atom is 0.312 e. The average molecular weight is 278 g/mol. The zero-order chi connectivity index (χ0) is 14.6. The van der Waals surface area contributed by atoms with Crippen molar-refractivity contribution in [3.8, 4) is 0 Å². The van der Waals surface area contributed by atoms with E-state index in [2.05, 4.69) is 9.72 Å². The number of carbonyl (C=O) groups is 1. The maximum absolute atomic E-state index is 13.2. The number of hydrogen-bond acceptors (Lipinski definition) is 5. The monoisotopic (exact) mass is 278 g/mol. The first-order valence-electron chi connectivity index (χ1n) is 5.13. The van der Waals surface area contributed by atoms with Crippen molar-refractivity contribution in [1.29, 1.82) is 0 Å². The summed E-state index contributed by atoms with van der Waals surface area (Å²) >= 11 is 0. The van der Waals surface area contributed by atoms with Gasteiger partial charge in [0.2, 0.25) is 0 Å². The smallest absolute Gasteiger partial charge is 0.312 e. The highest BCUT2D eigenvalue weighted by Gasteiger charge is 2.31. The molecule has 9 heteroatoms. The van der Waals surface area contributed by atoms with Gasteiger partial charge in [0.15, 0.2) is 5.82 Å². The van der Waals surface area contributed by atoms with Crippen LogP contribution < -0.4 is 0 Å². The molecular weight excluding hydrogens is 269 g/mol. The fourth-order valence-electron chi connectivity index (χ4n) is 1.42. The summed E-state index contributed by atoms with van der Waals surface area (Å²) in [6, 6.07) is 0. The zero-order valence-corrected chi connectivity index (χ0v) is 9.73. The second-order valence-electron chi connectivity index (χ2n) is 3.35. The molecule has 0 saturated heterocycles. The molecule has 1 rings (SSSR count). The van der Waals surface area contributed by atoms with E-state index in [1.165, 1.54) is 6.92 Å². The van der Waals surface area contributed by atoms with E-state index in [1.807, 2.05) is 0 Å². The van der Waals surface area contributed by atoms with Crippen molar-refractivity contribution in [3.05, 3.63) is 33.4 Å². The van der Waals surface area contributed by atoms with Crippen LogP contribution in [-0.4, -0.2) is 22.5 Å². The van der Waals surface area contributed by atoms with Crippen LogP contribution in [0.2, 0.25) is 0 Å². The Hall–Kier alpha value is -2.19. The molecule has 0 N–H and O–H groups in total. The van der Waals surface area contributed by atoms with Crippen LogP contribution in [0.25, 0.3) is 0 Å². The molecule has 0 bridgehead atoms. The van der Waals surface area contributed by atoms with Gasteiger partial charge >= 0.3 is 11.7 Å². The van der Waals surface area contributed by atoms with E-state index in [4.69, 9.17) is 0 Å². The number of halogens is 3. The molecule has 0 saturated carbocycles. The number of ether oxygens (including phenoxy) is 1. The second-order valence-corrected chi connectivity index (χ2v) is 3.35. The van der Waals surface area contributed by atoms with Gasteiger partial charge in [-0.2, -0.15) is 0 Å². The van der Waals surface area contributed by atoms with E-state index in [9.17, 15) is 28.1 Å². The Kier molecular flexibility index (Phi) is 4.79. The molecule has 1 aromatic heterocycles. The van der Waals surface area contributed by atoms with E-state index in [-0.39, 0.29) is 6.61 Å². The molecule has 104 valence electrons. The normalized spacial score (nSPS) is 10.6. The Balaban J connectivity index is 3.28. The molecule has 1 heterocycles. The summed E-state index contributed by atoms with van der Waals surface area (Å²) < 4.78 is 42.9. The standard InChI is InChI=1S/C10H9F3N2O4/c1-2-19-7(16)3-6-9(15(17)18)8(10(12)13)5(11)4-14-6/h4,10H,2-3H2,1H3. The molecule has 1 aromatic rings. The molecule has 19 heavy (non-hydrogen) atoms. The molecule has 0 amide bonds. The Morgan fingerprint density at radius 3 is 2.68 bits per heavy atom. The summed E-state index contributed by atoms with van der Waals surface area (Å²) in [6.45, 7) is 1.53. The van der Waals surface area contributed by atoms with Crippen molar-refractivity contribution in [1.82, 2.24) is 4.98 Å². The van der Waals surface area contributed by atoms with Crippen molar-refractivity contribution in [3.63, 3.8) is 0 Å². The largest absolute Gasteiger partial charge is 0.466 e. The van der Waals surface area contributed by atoms with Crippen LogP contribution in [0.3, 0.4) is 0 Å². The molecule has 0 aliphatic carbocycles. The van der Waals surface area contributed by atoms with Crippen LogP contribution in [0.4, 0.5) is 18.9 Å². The van der Waals surface area contributed by atoms with Gasteiger partial charge in [0.05, 0.1) is 24.1 Å². The van der Waals surface area contributed by atoms with Crippen molar-refractivity contribution in [2.45, 2.75) is 19.8 Å². The average Bonchev–Trinajstić information content (AvgIpc) is 2.30. The van der Waals surface area contributed by atoms with Gasteiger partial charge in [-0.3, -0.25) is 19.9 Å². The van der Waals surface area contributed by atoms with Gasteiger partial charge in [0.1, 0.15) is 11.3 Å². The van der Waals surface area contributed by atoms with Gasteiger partial charge in [-0.05, 0) is 6.92 Å².